The van der Waals surface area contributed by atoms with Crippen LogP contribution in [-0.2, 0) is 6.18 Å². The first-order valence-corrected chi connectivity index (χ1v) is 7.51. The van der Waals surface area contributed by atoms with E-state index >= 15 is 0 Å². The Balaban J connectivity index is 1.86. The minimum absolute atomic E-state index is 0.170. The highest BCUT2D eigenvalue weighted by molar-refractivity contribution is 5.73. The van der Waals surface area contributed by atoms with E-state index in [4.69, 9.17) is 10.5 Å². The monoisotopic (exact) mass is 344 g/mol. The van der Waals surface area contributed by atoms with E-state index in [1.165, 1.54) is 6.07 Å². The third-order valence-corrected chi connectivity index (χ3v) is 3.75. The fraction of sp³-hybridized carbons (Fsp3) is 0.105. The summed E-state index contributed by atoms with van der Waals surface area (Å²) in [5.41, 5.74) is 7.35. The second-order valence-electron chi connectivity index (χ2n) is 5.54. The van der Waals surface area contributed by atoms with Crippen LogP contribution in [0, 0.1) is 6.92 Å². The Labute approximate surface area is 142 Å². The standard InChI is InChI=1S/C19H15F3N2O/c1-12-4-7-14(19(20,21)22)11-17(12)25-15-8-5-13(6-9-15)16-3-2-10-24-18(16)23/h2-11H,1H3,(H2,23,24). The SMILES string of the molecule is Cc1ccc(C(F)(F)F)cc1Oc1ccc(-c2cccnc2N)cc1. The second kappa shape index (κ2) is 6.47. The Morgan fingerprint density at radius 2 is 1.72 bits per heavy atom. The molecule has 0 amide bonds. The van der Waals surface area contributed by atoms with Gasteiger partial charge in [-0.3, -0.25) is 0 Å². The van der Waals surface area contributed by atoms with Crippen molar-refractivity contribution in [3.05, 3.63) is 71.9 Å². The van der Waals surface area contributed by atoms with Gasteiger partial charge < -0.3 is 10.5 Å². The smallest absolute Gasteiger partial charge is 0.416 e. The van der Waals surface area contributed by atoms with Gasteiger partial charge in [0.1, 0.15) is 17.3 Å². The number of aromatic nitrogens is 1. The zero-order chi connectivity index (χ0) is 18.0. The number of ether oxygens (including phenoxy) is 1. The van der Waals surface area contributed by atoms with Gasteiger partial charge in [0.15, 0.2) is 0 Å². The zero-order valence-electron chi connectivity index (χ0n) is 13.3. The fourth-order valence-electron chi connectivity index (χ4n) is 2.38. The number of hydrogen-bond donors (Lipinski definition) is 1. The summed E-state index contributed by atoms with van der Waals surface area (Å²) in [5.74, 6) is 1.02. The van der Waals surface area contributed by atoms with E-state index in [-0.39, 0.29) is 5.75 Å². The van der Waals surface area contributed by atoms with E-state index < -0.39 is 11.7 Å². The van der Waals surface area contributed by atoms with Crippen molar-refractivity contribution in [3.63, 3.8) is 0 Å². The number of pyridine rings is 1. The van der Waals surface area contributed by atoms with E-state index in [1.807, 2.05) is 6.07 Å². The molecule has 0 aliphatic carbocycles. The second-order valence-corrected chi connectivity index (χ2v) is 5.54. The molecule has 0 aliphatic heterocycles. The number of alkyl halides is 3. The van der Waals surface area contributed by atoms with Gasteiger partial charge in [-0.1, -0.05) is 18.2 Å². The van der Waals surface area contributed by atoms with Gasteiger partial charge in [-0.2, -0.15) is 13.2 Å². The minimum atomic E-state index is -4.41. The summed E-state index contributed by atoms with van der Waals surface area (Å²) in [6.07, 6.45) is -2.81. The summed E-state index contributed by atoms with van der Waals surface area (Å²) in [6, 6.07) is 14.0. The van der Waals surface area contributed by atoms with Crippen LogP contribution in [0.2, 0.25) is 0 Å². The van der Waals surface area contributed by atoms with Crippen LogP contribution < -0.4 is 10.5 Å². The number of halogens is 3. The first-order chi connectivity index (χ1) is 11.8. The molecule has 128 valence electrons. The van der Waals surface area contributed by atoms with Gasteiger partial charge in [-0.15, -0.1) is 0 Å². The van der Waals surface area contributed by atoms with Crippen LogP contribution in [0.4, 0.5) is 19.0 Å². The predicted molar refractivity (Wildman–Crippen MR) is 90.3 cm³/mol. The highest BCUT2D eigenvalue weighted by Gasteiger charge is 2.31. The fourth-order valence-corrected chi connectivity index (χ4v) is 2.38. The van der Waals surface area contributed by atoms with Gasteiger partial charge in [0.05, 0.1) is 5.56 Å². The lowest BCUT2D eigenvalue weighted by Gasteiger charge is -2.13. The number of nitrogen functional groups attached to an aromatic ring is 1. The van der Waals surface area contributed by atoms with Gasteiger partial charge in [0.25, 0.3) is 0 Å². The molecule has 0 saturated carbocycles. The van der Waals surface area contributed by atoms with Crippen molar-refractivity contribution in [2.24, 2.45) is 0 Å². The topological polar surface area (TPSA) is 48.1 Å². The van der Waals surface area contributed by atoms with Crippen molar-refractivity contribution in [2.45, 2.75) is 13.1 Å². The molecule has 1 heterocycles. The molecule has 0 radical (unpaired) electrons. The average Bonchev–Trinajstić information content (AvgIpc) is 2.57. The predicted octanol–water partition coefficient (Wildman–Crippen LogP) is 5.45. The first kappa shape index (κ1) is 16.8. The van der Waals surface area contributed by atoms with Gasteiger partial charge in [-0.25, -0.2) is 4.98 Å². The Morgan fingerprint density at radius 3 is 2.36 bits per heavy atom. The van der Waals surface area contributed by atoms with Crippen molar-refractivity contribution in [1.29, 1.82) is 0 Å². The van der Waals surface area contributed by atoms with Gasteiger partial charge in [-0.05, 0) is 54.4 Å². The van der Waals surface area contributed by atoms with Crippen LogP contribution in [-0.4, -0.2) is 4.98 Å². The molecular weight excluding hydrogens is 329 g/mol. The normalized spacial score (nSPS) is 11.4. The highest BCUT2D eigenvalue weighted by Crippen LogP contribution is 2.35. The first-order valence-electron chi connectivity index (χ1n) is 7.51. The number of hydrogen-bond acceptors (Lipinski definition) is 3. The maximum Gasteiger partial charge on any atom is 0.416 e. The van der Waals surface area contributed by atoms with Crippen LogP contribution in [0.5, 0.6) is 11.5 Å². The van der Waals surface area contributed by atoms with E-state index in [0.29, 0.717) is 17.1 Å². The Bertz CT molecular complexity index is 890. The number of benzene rings is 2. The molecule has 0 unspecified atom stereocenters. The molecule has 0 bridgehead atoms. The van der Waals surface area contributed by atoms with Crippen molar-refractivity contribution >= 4 is 5.82 Å². The summed E-state index contributed by atoms with van der Waals surface area (Å²) >= 11 is 0. The number of anilines is 1. The lowest BCUT2D eigenvalue weighted by Crippen LogP contribution is -2.05. The lowest BCUT2D eigenvalue weighted by atomic mass is 10.1. The van der Waals surface area contributed by atoms with E-state index in [9.17, 15) is 13.2 Å². The molecule has 0 saturated heterocycles. The van der Waals surface area contributed by atoms with Crippen LogP contribution in [0.15, 0.2) is 60.8 Å². The van der Waals surface area contributed by atoms with Crippen LogP contribution in [0.25, 0.3) is 11.1 Å². The zero-order valence-corrected chi connectivity index (χ0v) is 13.3. The Hall–Kier alpha value is -3.02. The molecule has 2 N–H and O–H groups in total. The molecule has 3 aromatic rings. The van der Waals surface area contributed by atoms with Crippen molar-refractivity contribution in [3.8, 4) is 22.6 Å². The van der Waals surface area contributed by atoms with Crippen LogP contribution >= 0.6 is 0 Å². The van der Waals surface area contributed by atoms with Gasteiger partial charge >= 0.3 is 6.18 Å². The quantitative estimate of drug-likeness (QED) is 0.687. The number of nitrogens with two attached hydrogens (primary N) is 1. The average molecular weight is 344 g/mol. The van der Waals surface area contributed by atoms with E-state index in [0.717, 1.165) is 23.3 Å². The molecular formula is C19H15F3N2O. The van der Waals surface area contributed by atoms with Crippen molar-refractivity contribution < 1.29 is 17.9 Å². The molecule has 0 aliphatic rings. The number of nitrogens with zero attached hydrogens (tertiary/aromatic N) is 1. The van der Waals surface area contributed by atoms with E-state index in [2.05, 4.69) is 4.98 Å². The number of aryl methyl sites for hydroxylation is 1. The molecule has 3 nitrogen and oxygen atoms in total. The summed E-state index contributed by atoms with van der Waals surface area (Å²) in [4.78, 5) is 4.03. The molecule has 0 atom stereocenters. The molecule has 3 rings (SSSR count). The molecule has 0 fully saturated rings. The molecule has 2 aromatic carbocycles. The largest absolute Gasteiger partial charge is 0.457 e. The summed E-state index contributed by atoms with van der Waals surface area (Å²) in [6.45, 7) is 1.69. The molecule has 6 heteroatoms. The lowest BCUT2D eigenvalue weighted by molar-refractivity contribution is -0.137. The third kappa shape index (κ3) is 3.74. The minimum Gasteiger partial charge on any atom is -0.457 e. The highest BCUT2D eigenvalue weighted by atomic mass is 19.4. The summed E-state index contributed by atoms with van der Waals surface area (Å²) < 4.78 is 44.1. The van der Waals surface area contributed by atoms with Gasteiger partial charge in [0.2, 0.25) is 0 Å². The van der Waals surface area contributed by atoms with Crippen LogP contribution in [0.3, 0.4) is 0 Å². The van der Waals surface area contributed by atoms with Gasteiger partial charge in [0, 0.05) is 11.8 Å². The Kier molecular flexibility index (Phi) is 4.35. The van der Waals surface area contributed by atoms with E-state index in [1.54, 1.807) is 43.5 Å². The maximum absolute atomic E-state index is 12.8. The Morgan fingerprint density at radius 1 is 1.00 bits per heavy atom. The van der Waals surface area contributed by atoms with Crippen molar-refractivity contribution in [2.75, 3.05) is 5.73 Å². The molecule has 0 spiro atoms. The van der Waals surface area contributed by atoms with Crippen molar-refractivity contribution in [1.82, 2.24) is 4.98 Å². The summed E-state index contributed by atoms with van der Waals surface area (Å²) in [7, 11) is 0. The molecule has 25 heavy (non-hydrogen) atoms. The maximum atomic E-state index is 12.8. The third-order valence-electron chi connectivity index (χ3n) is 3.75. The summed E-state index contributed by atoms with van der Waals surface area (Å²) in [5, 5.41) is 0. The number of rotatable bonds is 3. The molecule has 1 aromatic heterocycles. The van der Waals surface area contributed by atoms with Crippen LogP contribution in [0.1, 0.15) is 11.1 Å².